The first-order chi connectivity index (χ1) is 9.56. The van der Waals surface area contributed by atoms with Gasteiger partial charge in [-0.2, -0.15) is 0 Å². The monoisotopic (exact) mass is 323 g/mol. The summed E-state index contributed by atoms with van der Waals surface area (Å²) in [6.07, 6.45) is 1.73. The normalized spacial score (nSPS) is 15.3. The second-order valence-electron chi connectivity index (χ2n) is 4.35. The van der Waals surface area contributed by atoms with Crippen molar-refractivity contribution in [3.8, 4) is 0 Å². The molecular formula is C15H8Cl3NO. The number of anilines is 1. The topological polar surface area (TPSA) is 29.1 Å². The van der Waals surface area contributed by atoms with Crippen LogP contribution in [-0.2, 0) is 4.79 Å². The molecule has 2 nitrogen and oxygen atoms in total. The van der Waals surface area contributed by atoms with Crippen LogP contribution in [0.2, 0.25) is 15.1 Å². The molecule has 5 heteroatoms. The molecule has 1 aliphatic rings. The molecule has 100 valence electrons. The maximum absolute atomic E-state index is 12.0. The number of nitrogens with one attached hydrogen (secondary N) is 1. The van der Waals surface area contributed by atoms with E-state index in [4.69, 9.17) is 34.8 Å². The summed E-state index contributed by atoms with van der Waals surface area (Å²) < 4.78 is 0. The number of carbonyl (C=O) groups excluding carboxylic acids is 1. The van der Waals surface area contributed by atoms with Crippen LogP contribution in [0.25, 0.3) is 11.6 Å². The molecular weight excluding hydrogens is 317 g/mol. The second-order valence-corrected chi connectivity index (χ2v) is 5.57. The fourth-order valence-corrected chi connectivity index (χ4v) is 2.63. The van der Waals surface area contributed by atoms with Crippen LogP contribution >= 0.6 is 34.8 Å². The lowest BCUT2D eigenvalue weighted by Crippen LogP contribution is -2.03. The smallest absolute Gasteiger partial charge is 0.256 e. The summed E-state index contributed by atoms with van der Waals surface area (Å²) in [5.41, 5.74) is 2.75. The minimum atomic E-state index is -0.182. The predicted molar refractivity (Wildman–Crippen MR) is 84.4 cm³/mol. The van der Waals surface area contributed by atoms with Gasteiger partial charge in [0.2, 0.25) is 0 Å². The Morgan fingerprint density at radius 1 is 1.05 bits per heavy atom. The van der Waals surface area contributed by atoms with Crippen molar-refractivity contribution in [3.63, 3.8) is 0 Å². The van der Waals surface area contributed by atoms with E-state index in [-0.39, 0.29) is 5.91 Å². The summed E-state index contributed by atoms with van der Waals surface area (Å²) in [6, 6.07) is 10.6. The fraction of sp³-hybridized carbons (Fsp3) is 0. The molecule has 3 rings (SSSR count). The number of halogens is 3. The highest BCUT2D eigenvalue weighted by Gasteiger charge is 2.24. The van der Waals surface area contributed by atoms with E-state index in [2.05, 4.69) is 5.32 Å². The van der Waals surface area contributed by atoms with Crippen LogP contribution in [0.4, 0.5) is 5.69 Å². The molecule has 20 heavy (non-hydrogen) atoms. The molecule has 0 unspecified atom stereocenters. The molecule has 0 radical (unpaired) electrons. The molecule has 2 aromatic carbocycles. The highest BCUT2D eigenvalue weighted by Crippen LogP contribution is 2.36. The van der Waals surface area contributed by atoms with Gasteiger partial charge in [-0.15, -0.1) is 0 Å². The SMILES string of the molecule is O=C1Nc2cc(Cl)ccc2C1=Cc1cccc(Cl)c1Cl. The molecule has 1 amide bonds. The summed E-state index contributed by atoms with van der Waals surface area (Å²) in [6.45, 7) is 0. The van der Waals surface area contributed by atoms with Gasteiger partial charge in [-0.25, -0.2) is 0 Å². The van der Waals surface area contributed by atoms with Crippen molar-refractivity contribution in [1.82, 2.24) is 0 Å². The number of hydrogen-bond acceptors (Lipinski definition) is 1. The molecule has 0 fully saturated rings. The van der Waals surface area contributed by atoms with Crippen LogP contribution in [0.15, 0.2) is 36.4 Å². The number of benzene rings is 2. The molecule has 0 saturated carbocycles. The van der Waals surface area contributed by atoms with E-state index in [0.717, 1.165) is 5.56 Å². The van der Waals surface area contributed by atoms with E-state index in [1.165, 1.54) is 0 Å². The Balaban J connectivity index is 2.14. The molecule has 1 N–H and O–H groups in total. The van der Waals surface area contributed by atoms with Crippen molar-refractivity contribution in [3.05, 3.63) is 62.6 Å². The third kappa shape index (κ3) is 2.31. The van der Waals surface area contributed by atoms with Crippen LogP contribution in [0.3, 0.4) is 0 Å². The number of carbonyl (C=O) groups is 1. The zero-order valence-electron chi connectivity index (χ0n) is 10.1. The van der Waals surface area contributed by atoms with Gasteiger partial charge in [0, 0.05) is 16.2 Å². The largest absolute Gasteiger partial charge is 0.321 e. The van der Waals surface area contributed by atoms with Gasteiger partial charge < -0.3 is 5.32 Å². The minimum Gasteiger partial charge on any atom is -0.321 e. The Bertz CT molecular complexity index is 753. The highest BCUT2D eigenvalue weighted by atomic mass is 35.5. The Morgan fingerprint density at radius 3 is 2.65 bits per heavy atom. The number of fused-ring (bicyclic) bond motifs is 1. The van der Waals surface area contributed by atoms with E-state index >= 15 is 0 Å². The van der Waals surface area contributed by atoms with Crippen molar-refractivity contribution in [1.29, 1.82) is 0 Å². The van der Waals surface area contributed by atoms with Crippen LogP contribution < -0.4 is 5.32 Å². The van der Waals surface area contributed by atoms with E-state index in [1.54, 1.807) is 36.4 Å². The molecule has 0 bridgehead atoms. The summed E-state index contributed by atoms with van der Waals surface area (Å²) in [5, 5.41) is 4.23. The third-order valence-electron chi connectivity index (χ3n) is 3.05. The quantitative estimate of drug-likeness (QED) is 0.723. The lowest BCUT2D eigenvalue weighted by atomic mass is 10.0. The molecule has 1 aliphatic heterocycles. The maximum atomic E-state index is 12.0. The fourth-order valence-electron chi connectivity index (χ4n) is 2.10. The molecule has 0 atom stereocenters. The first-order valence-electron chi connectivity index (χ1n) is 5.83. The van der Waals surface area contributed by atoms with Gasteiger partial charge >= 0.3 is 0 Å². The summed E-state index contributed by atoms with van der Waals surface area (Å²) in [7, 11) is 0. The Kier molecular flexibility index (Phi) is 3.47. The predicted octanol–water partition coefficient (Wildman–Crippen LogP) is 5.14. The lowest BCUT2D eigenvalue weighted by Gasteiger charge is -2.02. The minimum absolute atomic E-state index is 0.182. The van der Waals surface area contributed by atoms with E-state index in [9.17, 15) is 4.79 Å². The van der Waals surface area contributed by atoms with Crippen LogP contribution in [0.5, 0.6) is 0 Å². The zero-order chi connectivity index (χ0) is 14.3. The number of rotatable bonds is 1. The lowest BCUT2D eigenvalue weighted by molar-refractivity contribution is -0.110. The number of amides is 1. The van der Waals surface area contributed by atoms with Crippen LogP contribution in [0, 0.1) is 0 Å². The van der Waals surface area contributed by atoms with Crippen molar-refractivity contribution in [2.45, 2.75) is 0 Å². The molecule has 0 aliphatic carbocycles. The van der Waals surface area contributed by atoms with E-state index < -0.39 is 0 Å². The first kappa shape index (κ1) is 13.5. The molecule has 1 heterocycles. The van der Waals surface area contributed by atoms with Gasteiger partial charge in [-0.3, -0.25) is 4.79 Å². The average molecular weight is 325 g/mol. The summed E-state index contributed by atoms with van der Waals surface area (Å²) >= 11 is 18.0. The van der Waals surface area contributed by atoms with Gasteiger partial charge in [0.25, 0.3) is 5.91 Å². The van der Waals surface area contributed by atoms with Gasteiger partial charge in [0.05, 0.1) is 15.7 Å². The highest BCUT2D eigenvalue weighted by molar-refractivity contribution is 6.43. The summed E-state index contributed by atoms with van der Waals surface area (Å²) in [4.78, 5) is 12.0. The van der Waals surface area contributed by atoms with Gasteiger partial charge in [-0.1, -0.05) is 53.0 Å². The van der Waals surface area contributed by atoms with Gasteiger partial charge in [-0.05, 0) is 29.8 Å². The van der Waals surface area contributed by atoms with E-state index in [1.807, 2.05) is 6.07 Å². The summed E-state index contributed by atoms with van der Waals surface area (Å²) in [5.74, 6) is -0.182. The zero-order valence-corrected chi connectivity index (χ0v) is 12.4. The van der Waals surface area contributed by atoms with Crippen molar-refractivity contribution in [2.24, 2.45) is 0 Å². The van der Waals surface area contributed by atoms with Gasteiger partial charge in [0.15, 0.2) is 0 Å². The van der Waals surface area contributed by atoms with Crippen molar-refractivity contribution < 1.29 is 4.79 Å². The molecule has 0 saturated heterocycles. The molecule has 2 aromatic rings. The Hall–Kier alpha value is -1.48. The first-order valence-corrected chi connectivity index (χ1v) is 6.96. The van der Waals surface area contributed by atoms with Crippen molar-refractivity contribution in [2.75, 3.05) is 5.32 Å². The average Bonchev–Trinajstić information content (AvgIpc) is 2.70. The standard InChI is InChI=1S/C15H8Cl3NO/c16-9-4-5-10-11(15(20)19-13(10)7-9)6-8-2-1-3-12(17)14(8)18/h1-7H,(H,19,20). The van der Waals surface area contributed by atoms with Crippen molar-refractivity contribution >= 4 is 58.0 Å². The Labute approximate surface area is 131 Å². The maximum Gasteiger partial charge on any atom is 0.256 e. The molecule has 0 aromatic heterocycles. The third-order valence-corrected chi connectivity index (χ3v) is 4.11. The molecule has 0 spiro atoms. The second kappa shape index (κ2) is 5.13. The van der Waals surface area contributed by atoms with Gasteiger partial charge in [0.1, 0.15) is 0 Å². The van der Waals surface area contributed by atoms with Crippen LogP contribution in [-0.4, -0.2) is 5.91 Å². The number of hydrogen-bond donors (Lipinski definition) is 1. The Morgan fingerprint density at radius 2 is 1.85 bits per heavy atom. The van der Waals surface area contributed by atoms with Crippen LogP contribution in [0.1, 0.15) is 11.1 Å². The van der Waals surface area contributed by atoms with E-state index in [0.29, 0.717) is 31.9 Å².